The lowest BCUT2D eigenvalue weighted by Crippen LogP contribution is -2.82. The van der Waals surface area contributed by atoms with Gasteiger partial charge in [-0.15, -0.1) is 0 Å². The highest BCUT2D eigenvalue weighted by Crippen LogP contribution is 2.46. The van der Waals surface area contributed by atoms with Crippen LogP contribution in [0.25, 0.3) is 0 Å². The molecule has 0 radical (unpaired) electrons. The average Bonchev–Trinajstić information content (AvgIpc) is 2.60. The fourth-order valence-electron chi connectivity index (χ4n) is 3.58. The van der Waals surface area contributed by atoms with Crippen molar-refractivity contribution in [2.24, 2.45) is 11.8 Å². The van der Waals surface area contributed by atoms with Gasteiger partial charge in [-0.1, -0.05) is 13.8 Å². The zero-order valence-electron chi connectivity index (χ0n) is 12.5. The van der Waals surface area contributed by atoms with Crippen molar-refractivity contribution < 1.29 is 19.8 Å². The Morgan fingerprint density at radius 2 is 1.90 bits per heavy atom. The van der Waals surface area contributed by atoms with E-state index in [1.165, 1.54) is 0 Å². The minimum atomic E-state index is -1.20. The lowest BCUT2D eigenvalue weighted by Gasteiger charge is -2.57. The van der Waals surface area contributed by atoms with Gasteiger partial charge in [0.1, 0.15) is 0 Å². The van der Waals surface area contributed by atoms with Crippen molar-refractivity contribution in [2.75, 3.05) is 6.61 Å². The standard InChI is InChI=1S/C14H24N2O4/c1-7(2)11(18)14-10(16(8(3)4)13(14)20)9(5-6-17)12(19)15-14/h7-11,17-18H,5-6H2,1-4H3,(H,15,19)/t9-,10+,11+,14+/m1/s1. The fraction of sp³-hybridized carbons (Fsp3) is 0.857. The molecule has 2 rings (SSSR count). The normalized spacial score (nSPS) is 34.3. The molecule has 20 heavy (non-hydrogen) atoms. The van der Waals surface area contributed by atoms with E-state index in [1.807, 2.05) is 27.7 Å². The highest BCUT2D eigenvalue weighted by Gasteiger charge is 2.73. The Labute approximate surface area is 119 Å². The highest BCUT2D eigenvalue weighted by atomic mass is 16.3. The smallest absolute Gasteiger partial charge is 0.253 e. The van der Waals surface area contributed by atoms with Crippen LogP contribution in [0.4, 0.5) is 0 Å². The first kappa shape index (κ1) is 15.3. The molecule has 2 fully saturated rings. The number of amides is 2. The van der Waals surface area contributed by atoms with Crippen LogP contribution in [0.1, 0.15) is 34.1 Å². The first-order valence-corrected chi connectivity index (χ1v) is 7.22. The largest absolute Gasteiger partial charge is 0.396 e. The van der Waals surface area contributed by atoms with Crippen LogP contribution in [-0.4, -0.2) is 57.3 Å². The highest BCUT2D eigenvalue weighted by molar-refractivity contribution is 6.04. The van der Waals surface area contributed by atoms with Gasteiger partial charge >= 0.3 is 0 Å². The molecule has 2 amide bonds. The lowest BCUT2D eigenvalue weighted by molar-refractivity contribution is -0.179. The number of hydrogen-bond acceptors (Lipinski definition) is 4. The zero-order valence-corrected chi connectivity index (χ0v) is 12.5. The third-order valence-corrected chi connectivity index (χ3v) is 4.50. The van der Waals surface area contributed by atoms with E-state index in [-0.39, 0.29) is 36.4 Å². The number of nitrogens with one attached hydrogen (secondary N) is 1. The van der Waals surface area contributed by atoms with Crippen molar-refractivity contribution in [3.63, 3.8) is 0 Å². The van der Waals surface area contributed by atoms with E-state index in [1.54, 1.807) is 4.90 Å². The lowest BCUT2D eigenvalue weighted by atomic mass is 9.68. The molecule has 2 heterocycles. The van der Waals surface area contributed by atoms with E-state index in [0.29, 0.717) is 6.42 Å². The van der Waals surface area contributed by atoms with Crippen LogP contribution in [-0.2, 0) is 9.59 Å². The second-order valence-corrected chi connectivity index (χ2v) is 6.42. The molecule has 0 spiro atoms. The molecular formula is C14H24N2O4. The Morgan fingerprint density at radius 3 is 2.35 bits per heavy atom. The zero-order chi connectivity index (χ0) is 15.2. The van der Waals surface area contributed by atoms with E-state index >= 15 is 0 Å². The van der Waals surface area contributed by atoms with Crippen molar-refractivity contribution in [2.45, 2.75) is 57.8 Å². The van der Waals surface area contributed by atoms with Crippen LogP contribution in [0, 0.1) is 11.8 Å². The van der Waals surface area contributed by atoms with Gasteiger partial charge in [-0.2, -0.15) is 0 Å². The van der Waals surface area contributed by atoms with Crippen LogP contribution in [0.15, 0.2) is 0 Å². The van der Waals surface area contributed by atoms with Crippen LogP contribution in [0.2, 0.25) is 0 Å². The molecule has 0 bridgehead atoms. The first-order chi connectivity index (χ1) is 9.28. The second kappa shape index (κ2) is 5.00. The number of likely N-dealkylation sites (tertiary alicyclic amines) is 1. The average molecular weight is 284 g/mol. The Morgan fingerprint density at radius 1 is 1.30 bits per heavy atom. The van der Waals surface area contributed by atoms with Crippen molar-refractivity contribution >= 4 is 11.8 Å². The molecule has 2 saturated heterocycles. The molecule has 6 heteroatoms. The monoisotopic (exact) mass is 284 g/mol. The van der Waals surface area contributed by atoms with Gasteiger partial charge in [-0.05, 0) is 26.2 Å². The Kier molecular flexibility index (Phi) is 3.81. The van der Waals surface area contributed by atoms with Crippen LogP contribution in [0.5, 0.6) is 0 Å². The number of fused-ring (bicyclic) bond motifs is 1. The topological polar surface area (TPSA) is 89.9 Å². The molecule has 6 nitrogen and oxygen atoms in total. The summed E-state index contributed by atoms with van der Waals surface area (Å²) in [5.41, 5.74) is -1.20. The summed E-state index contributed by atoms with van der Waals surface area (Å²) in [6.45, 7) is 7.33. The van der Waals surface area contributed by atoms with Gasteiger partial charge in [-0.3, -0.25) is 9.59 Å². The maximum atomic E-state index is 12.5. The van der Waals surface area contributed by atoms with Gasteiger partial charge in [-0.25, -0.2) is 0 Å². The molecule has 2 aliphatic rings. The van der Waals surface area contributed by atoms with Crippen LogP contribution < -0.4 is 5.32 Å². The molecular weight excluding hydrogens is 260 g/mol. The summed E-state index contributed by atoms with van der Waals surface area (Å²) < 4.78 is 0. The van der Waals surface area contributed by atoms with E-state index < -0.39 is 17.6 Å². The number of aliphatic hydroxyl groups is 2. The third-order valence-electron chi connectivity index (χ3n) is 4.50. The number of aliphatic hydroxyl groups excluding tert-OH is 2. The molecule has 0 saturated carbocycles. The van der Waals surface area contributed by atoms with Gasteiger partial charge in [0.15, 0.2) is 5.54 Å². The maximum absolute atomic E-state index is 12.5. The summed E-state index contributed by atoms with van der Waals surface area (Å²) in [5, 5.41) is 22.3. The quantitative estimate of drug-likeness (QED) is 0.593. The van der Waals surface area contributed by atoms with Gasteiger partial charge < -0.3 is 20.4 Å². The maximum Gasteiger partial charge on any atom is 0.253 e. The molecule has 0 aromatic rings. The predicted molar refractivity (Wildman–Crippen MR) is 72.7 cm³/mol. The minimum absolute atomic E-state index is 0.0334. The summed E-state index contributed by atoms with van der Waals surface area (Å²) in [7, 11) is 0. The Balaban J connectivity index is 2.40. The van der Waals surface area contributed by atoms with Gasteiger partial charge in [0.25, 0.3) is 5.91 Å². The molecule has 114 valence electrons. The van der Waals surface area contributed by atoms with E-state index in [2.05, 4.69) is 5.32 Å². The van der Waals surface area contributed by atoms with E-state index in [0.717, 1.165) is 0 Å². The number of nitrogens with zero attached hydrogens (tertiary/aromatic N) is 1. The first-order valence-electron chi connectivity index (χ1n) is 7.22. The van der Waals surface area contributed by atoms with Gasteiger partial charge in [0.2, 0.25) is 5.91 Å². The van der Waals surface area contributed by atoms with E-state index in [4.69, 9.17) is 5.11 Å². The van der Waals surface area contributed by atoms with Crippen molar-refractivity contribution in [1.82, 2.24) is 10.2 Å². The molecule has 0 aromatic carbocycles. The van der Waals surface area contributed by atoms with Gasteiger partial charge in [0, 0.05) is 12.6 Å². The number of carbonyl (C=O) groups is 2. The molecule has 0 aromatic heterocycles. The van der Waals surface area contributed by atoms with Crippen molar-refractivity contribution in [3.8, 4) is 0 Å². The minimum Gasteiger partial charge on any atom is -0.396 e. The Hall–Kier alpha value is -1.14. The fourth-order valence-corrected chi connectivity index (χ4v) is 3.58. The molecule has 4 atom stereocenters. The van der Waals surface area contributed by atoms with Crippen molar-refractivity contribution in [3.05, 3.63) is 0 Å². The van der Waals surface area contributed by atoms with E-state index in [9.17, 15) is 14.7 Å². The van der Waals surface area contributed by atoms with Gasteiger partial charge in [0.05, 0.1) is 18.1 Å². The number of carbonyl (C=O) groups excluding carboxylic acids is 2. The molecule has 2 aliphatic heterocycles. The summed E-state index contributed by atoms with van der Waals surface area (Å²) in [6, 6.07) is -0.402. The summed E-state index contributed by atoms with van der Waals surface area (Å²) >= 11 is 0. The van der Waals surface area contributed by atoms with Crippen molar-refractivity contribution in [1.29, 1.82) is 0 Å². The third kappa shape index (κ3) is 1.78. The molecule has 0 unspecified atom stereocenters. The SMILES string of the molecule is CC(C)[C@H](O)[C@@]12NC(=O)[C@H](CCO)[C@@H]1N(C(C)C)C2=O. The summed E-state index contributed by atoms with van der Waals surface area (Å²) in [5.74, 6) is -1.05. The molecule has 0 aliphatic carbocycles. The number of β-lactam (4-membered cyclic amide) rings is 1. The van der Waals surface area contributed by atoms with Crippen LogP contribution in [0.3, 0.4) is 0 Å². The summed E-state index contributed by atoms with van der Waals surface area (Å²) in [4.78, 5) is 26.4. The number of hydrogen-bond donors (Lipinski definition) is 3. The van der Waals surface area contributed by atoms with Crippen LogP contribution >= 0.6 is 0 Å². The second-order valence-electron chi connectivity index (χ2n) is 6.42. The number of rotatable bonds is 5. The predicted octanol–water partition coefficient (Wildman–Crippen LogP) is -0.510. The molecule has 3 N–H and O–H groups in total. The Bertz CT molecular complexity index is 423. The summed E-state index contributed by atoms with van der Waals surface area (Å²) in [6.07, 6.45) is -0.609.